The fourth-order valence-corrected chi connectivity index (χ4v) is 3.08. The Morgan fingerprint density at radius 1 is 0.469 bits per heavy atom. The summed E-state index contributed by atoms with van der Waals surface area (Å²) < 4.78 is 160. The van der Waals surface area contributed by atoms with Crippen LogP contribution in [0.15, 0.2) is 24.3 Å². The van der Waals surface area contributed by atoms with Crippen LogP contribution in [0, 0.1) is 0 Å². The third-order valence-corrected chi connectivity index (χ3v) is 4.65. The molecule has 0 atom stereocenters. The number of anilines is 2. The summed E-state index contributed by atoms with van der Waals surface area (Å²) in [5.74, 6) is 0. The van der Waals surface area contributed by atoms with E-state index in [4.69, 9.17) is 11.5 Å². The Labute approximate surface area is 169 Å². The van der Waals surface area contributed by atoms with Crippen LogP contribution >= 0.6 is 0 Å². The zero-order valence-corrected chi connectivity index (χ0v) is 14.9. The Bertz CT molecular complexity index is 930. The standard InChI is InChI=1S/C16H10F12N2O2/c17-13(18,19)11(31,14(20,21)22)5-1-3-7(29)10-8(30)4-2-6(9(5)10)12(32,15(23,24)25)16(26,27)28/h1-4,31-32H,29-30H2. The maximum Gasteiger partial charge on any atom is 0.430 e. The molecule has 0 spiro atoms. The van der Waals surface area contributed by atoms with Gasteiger partial charge in [-0.25, -0.2) is 0 Å². The van der Waals surface area contributed by atoms with E-state index in [2.05, 4.69) is 0 Å². The smallest absolute Gasteiger partial charge is 0.398 e. The predicted molar refractivity (Wildman–Crippen MR) is 84.8 cm³/mol. The van der Waals surface area contributed by atoms with Gasteiger partial charge in [0.1, 0.15) is 0 Å². The minimum Gasteiger partial charge on any atom is -0.398 e. The van der Waals surface area contributed by atoms with E-state index in [-0.39, 0.29) is 24.3 Å². The fraction of sp³-hybridized carbons (Fsp3) is 0.375. The predicted octanol–water partition coefficient (Wildman–Crippen LogP) is 4.63. The van der Waals surface area contributed by atoms with E-state index in [9.17, 15) is 62.9 Å². The lowest BCUT2D eigenvalue weighted by Crippen LogP contribution is -2.56. The number of nitrogen functional groups attached to an aromatic ring is 2. The molecule has 0 unspecified atom stereocenters. The van der Waals surface area contributed by atoms with Gasteiger partial charge in [0, 0.05) is 27.9 Å². The minimum atomic E-state index is -6.69. The lowest BCUT2D eigenvalue weighted by atomic mass is 9.80. The second kappa shape index (κ2) is 6.94. The minimum absolute atomic E-state index is 0.255. The molecular weight excluding hydrogens is 480 g/mol. The van der Waals surface area contributed by atoms with Crippen LogP contribution in [0.4, 0.5) is 64.1 Å². The lowest BCUT2D eigenvalue weighted by Gasteiger charge is -2.37. The first-order valence-electron chi connectivity index (χ1n) is 7.86. The summed E-state index contributed by atoms with van der Waals surface area (Å²) in [7, 11) is 0. The summed E-state index contributed by atoms with van der Waals surface area (Å²) in [6.45, 7) is 0. The van der Waals surface area contributed by atoms with Crippen LogP contribution in [0.5, 0.6) is 0 Å². The Morgan fingerprint density at radius 3 is 0.938 bits per heavy atom. The largest absolute Gasteiger partial charge is 0.430 e. The van der Waals surface area contributed by atoms with Crippen LogP contribution in [0.2, 0.25) is 0 Å². The summed E-state index contributed by atoms with van der Waals surface area (Å²) in [6, 6.07) is 0.0183. The molecule has 0 bridgehead atoms. The van der Waals surface area contributed by atoms with Crippen LogP contribution in [-0.4, -0.2) is 34.9 Å². The van der Waals surface area contributed by atoms with E-state index in [1.54, 1.807) is 0 Å². The Morgan fingerprint density at radius 2 is 0.719 bits per heavy atom. The first-order chi connectivity index (χ1) is 14.0. The van der Waals surface area contributed by atoms with E-state index in [1.807, 2.05) is 0 Å². The van der Waals surface area contributed by atoms with Gasteiger partial charge in [-0.2, -0.15) is 52.7 Å². The highest BCUT2D eigenvalue weighted by atomic mass is 19.4. The van der Waals surface area contributed by atoms with Gasteiger partial charge in [0.25, 0.3) is 11.2 Å². The van der Waals surface area contributed by atoms with Gasteiger partial charge in [0.15, 0.2) is 0 Å². The SMILES string of the molecule is Nc1ccc(C(O)(C(F)(F)F)C(F)(F)F)c2c(C(O)(C(F)(F)F)C(F)(F)F)ccc(N)c12. The van der Waals surface area contributed by atoms with Gasteiger partial charge in [0.2, 0.25) is 0 Å². The average molecular weight is 490 g/mol. The number of nitrogens with two attached hydrogens (primary N) is 2. The van der Waals surface area contributed by atoms with Crippen LogP contribution in [0.3, 0.4) is 0 Å². The second-order valence-corrected chi connectivity index (χ2v) is 6.57. The van der Waals surface area contributed by atoms with Crippen molar-refractivity contribution in [3.8, 4) is 0 Å². The molecule has 0 saturated carbocycles. The number of hydrogen-bond donors (Lipinski definition) is 4. The van der Waals surface area contributed by atoms with Crippen molar-refractivity contribution in [2.45, 2.75) is 35.9 Å². The summed E-state index contributed by atoms with van der Waals surface area (Å²) >= 11 is 0. The quantitative estimate of drug-likeness (QED) is 0.365. The fourth-order valence-electron chi connectivity index (χ4n) is 3.08. The molecule has 0 aromatic heterocycles. The number of aliphatic hydroxyl groups is 2. The third-order valence-electron chi connectivity index (χ3n) is 4.65. The maximum absolute atomic E-state index is 13.4. The molecule has 180 valence electrons. The third kappa shape index (κ3) is 3.35. The van der Waals surface area contributed by atoms with Crippen molar-refractivity contribution in [2.75, 3.05) is 11.5 Å². The van der Waals surface area contributed by atoms with Crippen molar-refractivity contribution in [1.29, 1.82) is 0 Å². The number of fused-ring (bicyclic) bond motifs is 1. The Kier molecular flexibility index (Phi) is 5.56. The summed E-state index contributed by atoms with van der Waals surface area (Å²) in [6.07, 6.45) is -26.8. The lowest BCUT2D eigenvalue weighted by molar-refractivity contribution is -0.377. The molecule has 6 N–H and O–H groups in total. The van der Waals surface area contributed by atoms with Gasteiger partial charge in [-0.1, -0.05) is 12.1 Å². The van der Waals surface area contributed by atoms with Crippen molar-refractivity contribution in [1.82, 2.24) is 0 Å². The monoisotopic (exact) mass is 490 g/mol. The molecule has 0 saturated heterocycles. The number of alkyl halides is 12. The molecular formula is C16H10F12N2O2. The molecule has 2 rings (SSSR count). The molecule has 0 fully saturated rings. The highest BCUT2D eigenvalue weighted by Crippen LogP contribution is 2.57. The van der Waals surface area contributed by atoms with Crippen LogP contribution in [0.25, 0.3) is 10.8 Å². The molecule has 4 nitrogen and oxygen atoms in total. The first kappa shape index (κ1) is 25.6. The van der Waals surface area contributed by atoms with Gasteiger partial charge in [-0.3, -0.25) is 0 Å². The Hall–Kier alpha value is -2.62. The summed E-state index contributed by atoms with van der Waals surface area (Å²) in [5.41, 5.74) is -8.10. The molecule has 0 amide bonds. The van der Waals surface area contributed by atoms with E-state index in [0.29, 0.717) is 0 Å². The van der Waals surface area contributed by atoms with Gasteiger partial charge in [0.05, 0.1) is 0 Å². The van der Waals surface area contributed by atoms with E-state index in [0.717, 1.165) is 0 Å². The average Bonchev–Trinajstić information content (AvgIpc) is 2.57. The van der Waals surface area contributed by atoms with E-state index < -0.39 is 69.2 Å². The molecule has 32 heavy (non-hydrogen) atoms. The van der Waals surface area contributed by atoms with Crippen molar-refractivity contribution in [3.05, 3.63) is 35.4 Å². The zero-order chi connectivity index (χ0) is 25.3. The topological polar surface area (TPSA) is 92.5 Å². The number of hydrogen-bond acceptors (Lipinski definition) is 4. The van der Waals surface area contributed by atoms with Crippen LogP contribution in [0.1, 0.15) is 11.1 Å². The normalized spacial score (nSPS) is 14.8. The van der Waals surface area contributed by atoms with Crippen LogP contribution in [-0.2, 0) is 11.2 Å². The molecule has 0 aliphatic carbocycles. The van der Waals surface area contributed by atoms with E-state index in [1.165, 1.54) is 0 Å². The maximum atomic E-state index is 13.4. The zero-order valence-electron chi connectivity index (χ0n) is 14.9. The van der Waals surface area contributed by atoms with Crippen molar-refractivity contribution < 1.29 is 62.9 Å². The number of rotatable bonds is 2. The molecule has 0 radical (unpaired) electrons. The van der Waals surface area contributed by atoms with Crippen molar-refractivity contribution >= 4 is 22.1 Å². The number of benzene rings is 2. The van der Waals surface area contributed by atoms with Crippen molar-refractivity contribution in [2.24, 2.45) is 0 Å². The van der Waals surface area contributed by atoms with Gasteiger partial charge in [-0.15, -0.1) is 0 Å². The molecule has 2 aromatic carbocycles. The van der Waals surface area contributed by atoms with Gasteiger partial charge >= 0.3 is 24.7 Å². The molecule has 2 aromatic rings. The second-order valence-electron chi connectivity index (χ2n) is 6.57. The molecule has 16 heteroatoms. The molecule has 0 heterocycles. The Balaban J connectivity index is 3.30. The molecule has 0 aliphatic rings. The van der Waals surface area contributed by atoms with Gasteiger partial charge < -0.3 is 21.7 Å². The van der Waals surface area contributed by atoms with Crippen LogP contribution < -0.4 is 11.5 Å². The first-order valence-corrected chi connectivity index (χ1v) is 7.86. The number of halogens is 12. The highest BCUT2D eigenvalue weighted by molar-refractivity contribution is 6.06. The van der Waals surface area contributed by atoms with Crippen molar-refractivity contribution in [3.63, 3.8) is 0 Å². The highest BCUT2D eigenvalue weighted by Gasteiger charge is 2.74. The summed E-state index contributed by atoms with van der Waals surface area (Å²) in [4.78, 5) is 0. The van der Waals surface area contributed by atoms with E-state index >= 15 is 0 Å². The molecule has 0 aliphatic heterocycles. The van der Waals surface area contributed by atoms with Gasteiger partial charge in [-0.05, 0) is 17.5 Å². The summed E-state index contributed by atoms with van der Waals surface area (Å²) in [5, 5.41) is 15.9.